The van der Waals surface area contributed by atoms with E-state index in [1.807, 2.05) is 60.9 Å². The fraction of sp³-hybridized carbons (Fsp3) is 0.481. The molecule has 69 heavy (non-hydrogen) atoms. The average Bonchev–Trinajstić information content (AvgIpc) is 3.36. The topological polar surface area (TPSA) is 161 Å². The molecule has 364 valence electrons. The van der Waals surface area contributed by atoms with E-state index < -0.39 is 17.3 Å². The highest BCUT2D eigenvalue weighted by atomic mass is 19.1. The van der Waals surface area contributed by atoms with Gasteiger partial charge in [0.1, 0.15) is 17.2 Å². The molecule has 5 aromatic rings. The van der Waals surface area contributed by atoms with E-state index in [-0.39, 0.29) is 29.0 Å². The molecular weight excluding hydrogens is 880 g/mol. The number of amides is 3. The number of piperidine rings is 2. The zero-order valence-electron chi connectivity index (χ0n) is 39.9. The molecule has 17 heteroatoms. The van der Waals surface area contributed by atoms with Gasteiger partial charge in [0.05, 0.1) is 29.4 Å². The monoisotopic (exact) mass is 942 g/mol. The first-order chi connectivity index (χ1) is 33.3. The quantitative estimate of drug-likeness (QED) is 0.161. The van der Waals surface area contributed by atoms with Gasteiger partial charge in [0.2, 0.25) is 5.91 Å². The van der Waals surface area contributed by atoms with Crippen LogP contribution in [0.4, 0.5) is 15.0 Å². The summed E-state index contributed by atoms with van der Waals surface area (Å²) in [5.74, 6) is 1.96. The van der Waals surface area contributed by atoms with Crippen LogP contribution in [-0.2, 0) is 16.0 Å². The lowest BCUT2D eigenvalue weighted by Crippen LogP contribution is -2.53. The van der Waals surface area contributed by atoms with Crippen molar-refractivity contribution < 1.29 is 28.2 Å². The zero-order valence-corrected chi connectivity index (χ0v) is 39.9. The number of benzene rings is 3. The first kappa shape index (κ1) is 47.6. The summed E-state index contributed by atoms with van der Waals surface area (Å²) in [6.45, 7) is 15.1. The predicted octanol–water partition coefficient (Wildman–Crippen LogP) is 6.17. The Bertz CT molecular complexity index is 2690. The van der Waals surface area contributed by atoms with E-state index in [2.05, 4.69) is 47.2 Å². The van der Waals surface area contributed by atoms with Gasteiger partial charge in [-0.15, -0.1) is 5.10 Å². The molecule has 4 aliphatic rings. The second kappa shape index (κ2) is 21.0. The van der Waals surface area contributed by atoms with Crippen molar-refractivity contribution in [3.63, 3.8) is 0 Å². The Hall–Kier alpha value is -6.46. The molecule has 4 saturated heterocycles. The average molecular weight is 943 g/mol. The van der Waals surface area contributed by atoms with Gasteiger partial charge in [-0.25, -0.2) is 14.3 Å². The molecule has 0 aliphatic carbocycles. The summed E-state index contributed by atoms with van der Waals surface area (Å²) in [7, 11) is 0. The van der Waals surface area contributed by atoms with Crippen molar-refractivity contribution in [3.05, 3.63) is 118 Å². The van der Waals surface area contributed by atoms with Crippen LogP contribution in [0.3, 0.4) is 0 Å². The zero-order chi connectivity index (χ0) is 48.1. The number of anilines is 1. The predicted molar refractivity (Wildman–Crippen MR) is 260 cm³/mol. The number of hydrogen-bond donors (Lipinski definition) is 1. The summed E-state index contributed by atoms with van der Waals surface area (Å²) in [6, 6.07) is 21.7. The molecule has 16 nitrogen and oxygen atoms in total. The van der Waals surface area contributed by atoms with Crippen LogP contribution in [0.25, 0.3) is 10.8 Å². The van der Waals surface area contributed by atoms with Crippen molar-refractivity contribution in [1.29, 1.82) is 0 Å². The maximum absolute atomic E-state index is 15.1. The summed E-state index contributed by atoms with van der Waals surface area (Å²) in [4.78, 5) is 64.3. The van der Waals surface area contributed by atoms with Gasteiger partial charge in [-0.1, -0.05) is 36.4 Å². The third kappa shape index (κ3) is 11.9. The summed E-state index contributed by atoms with van der Waals surface area (Å²) in [6.07, 6.45) is 5.67. The Morgan fingerprint density at radius 3 is 2.29 bits per heavy atom. The highest BCUT2D eigenvalue weighted by molar-refractivity contribution is 5.95. The summed E-state index contributed by atoms with van der Waals surface area (Å²) >= 11 is 0. The molecule has 0 spiro atoms. The first-order valence-corrected chi connectivity index (χ1v) is 24.4. The number of carbonyl (C=O) groups is 3. The van der Waals surface area contributed by atoms with Crippen molar-refractivity contribution in [2.75, 3.05) is 96.5 Å². The third-order valence-corrected chi connectivity index (χ3v) is 13.9. The Labute approximate surface area is 402 Å². The van der Waals surface area contributed by atoms with E-state index >= 15 is 4.39 Å². The summed E-state index contributed by atoms with van der Waals surface area (Å²) in [5, 5.41) is 16.7. The maximum Gasteiger partial charge on any atom is 0.410 e. The Morgan fingerprint density at radius 1 is 0.768 bits per heavy atom. The molecule has 3 aromatic carbocycles. The van der Waals surface area contributed by atoms with Crippen LogP contribution >= 0.6 is 0 Å². The number of fused-ring (bicyclic) bond motifs is 1. The number of ether oxygens (including phenoxy) is 2. The number of hydrogen-bond acceptors (Lipinski definition) is 12. The Morgan fingerprint density at radius 2 is 1.52 bits per heavy atom. The standard InChI is InChI=1S/C52H63FN10O6/c1-52(2,3)69-51(67)63-17-7-9-39(34-63)38-8-6-10-40(30-38)68-41-31-47(56-54-32-41)60-22-20-59(21-23-60)33-36-15-18-58(19-16-36)35-48(64)61-24-26-62(27-25-61)50(66)44-28-37(13-14-45(44)53)29-46-42-11-4-5-12-43(42)49(65)57-55-46/h4-6,8,10-14,28,30-32,36,39H,7,9,15-27,29,33-35H2,1-3H3,(H,57,65). The molecule has 0 bridgehead atoms. The van der Waals surface area contributed by atoms with E-state index in [9.17, 15) is 19.2 Å². The highest BCUT2D eigenvalue weighted by Crippen LogP contribution is 2.32. The van der Waals surface area contributed by atoms with Gasteiger partial charge in [-0.3, -0.25) is 24.2 Å². The molecular formula is C52H63FN10O6. The third-order valence-electron chi connectivity index (χ3n) is 13.9. The van der Waals surface area contributed by atoms with Gasteiger partial charge in [0.25, 0.3) is 11.5 Å². The minimum absolute atomic E-state index is 0.0126. The molecule has 0 saturated carbocycles. The number of rotatable bonds is 11. The van der Waals surface area contributed by atoms with Gasteiger partial charge in [-0.05, 0) is 107 Å². The van der Waals surface area contributed by atoms with Crippen LogP contribution in [0.2, 0.25) is 0 Å². The van der Waals surface area contributed by atoms with Gasteiger partial charge >= 0.3 is 6.09 Å². The molecule has 9 rings (SSSR count). The fourth-order valence-electron chi connectivity index (χ4n) is 10.1. The number of H-pyrrole nitrogens is 1. The van der Waals surface area contributed by atoms with Crippen LogP contribution in [-0.4, -0.2) is 160 Å². The van der Waals surface area contributed by atoms with Gasteiger partial charge in [-0.2, -0.15) is 10.2 Å². The van der Waals surface area contributed by atoms with E-state index in [0.717, 1.165) is 88.6 Å². The number of nitrogens with one attached hydrogen (secondary N) is 1. The van der Waals surface area contributed by atoms with E-state index in [4.69, 9.17) is 9.47 Å². The number of nitrogens with zero attached hydrogens (tertiary/aromatic N) is 9. The molecule has 4 fully saturated rings. The van der Waals surface area contributed by atoms with Gasteiger partial charge in [0.15, 0.2) is 11.6 Å². The van der Waals surface area contributed by atoms with Crippen LogP contribution in [0.15, 0.2) is 83.8 Å². The molecule has 1 atom stereocenters. The number of likely N-dealkylation sites (tertiary alicyclic amines) is 2. The van der Waals surface area contributed by atoms with Crippen LogP contribution in [0, 0.1) is 11.7 Å². The molecule has 6 heterocycles. The molecule has 1 N–H and O–H groups in total. The molecule has 3 amide bonds. The van der Waals surface area contributed by atoms with Crippen LogP contribution < -0.4 is 15.2 Å². The minimum Gasteiger partial charge on any atom is -0.456 e. The first-order valence-electron chi connectivity index (χ1n) is 24.4. The molecule has 4 aliphatic heterocycles. The normalized spacial score (nSPS) is 18.9. The SMILES string of the molecule is CC(C)(C)OC(=O)N1CCCC(c2cccc(Oc3cnnc(N4CCN(CC5CCN(CC(=O)N6CCN(C(=O)c7cc(Cc8n[nH]c(=O)c9ccccc89)ccc7F)CC6)CC5)CC4)c3)c2)C1. The maximum atomic E-state index is 15.1. The van der Waals surface area contributed by atoms with E-state index in [0.29, 0.717) is 85.9 Å². The van der Waals surface area contributed by atoms with Crippen LogP contribution in [0.1, 0.15) is 79.6 Å². The smallest absolute Gasteiger partial charge is 0.410 e. The van der Waals surface area contributed by atoms with Crippen molar-refractivity contribution in [2.45, 2.75) is 64.4 Å². The van der Waals surface area contributed by atoms with Crippen molar-refractivity contribution >= 4 is 34.5 Å². The lowest BCUT2D eigenvalue weighted by atomic mass is 9.90. The largest absolute Gasteiger partial charge is 0.456 e. The van der Waals surface area contributed by atoms with E-state index in [1.165, 1.54) is 6.07 Å². The Kier molecular flexibility index (Phi) is 14.5. The van der Waals surface area contributed by atoms with Crippen molar-refractivity contribution in [2.24, 2.45) is 5.92 Å². The number of halogens is 1. The van der Waals surface area contributed by atoms with Crippen LogP contribution in [0.5, 0.6) is 11.5 Å². The number of aromatic nitrogens is 4. The number of piperazine rings is 2. The number of aromatic amines is 1. The lowest BCUT2D eigenvalue weighted by Gasteiger charge is -2.39. The fourth-order valence-corrected chi connectivity index (χ4v) is 10.1. The molecule has 2 aromatic heterocycles. The molecule has 1 unspecified atom stereocenters. The summed E-state index contributed by atoms with van der Waals surface area (Å²) in [5.41, 5.74) is 1.65. The van der Waals surface area contributed by atoms with Gasteiger partial charge in [0, 0.05) is 95.8 Å². The highest BCUT2D eigenvalue weighted by Gasteiger charge is 2.31. The Balaban J connectivity index is 0.687. The number of carbonyl (C=O) groups excluding carboxylic acids is 3. The molecule has 0 radical (unpaired) electrons. The lowest BCUT2D eigenvalue weighted by molar-refractivity contribution is -0.134. The van der Waals surface area contributed by atoms with Crippen molar-refractivity contribution in [1.82, 2.24) is 44.9 Å². The van der Waals surface area contributed by atoms with E-state index in [1.54, 1.807) is 35.4 Å². The second-order valence-corrected chi connectivity index (χ2v) is 19.9. The van der Waals surface area contributed by atoms with Crippen molar-refractivity contribution in [3.8, 4) is 11.5 Å². The second-order valence-electron chi connectivity index (χ2n) is 19.9. The minimum atomic E-state index is -0.597. The van der Waals surface area contributed by atoms with Gasteiger partial charge < -0.3 is 29.1 Å². The summed E-state index contributed by atoms with van der Waals surface area (Å²) < 4.78 is 27.0.